The Balaban J connectivity index is 1.05. The highest BCUT2D eigenvalue weighted by Gasteiger charge is 2.62. The molecule has 316 valence electrons. The van der Waals surface area contributed by atoms with Gasteiger partial charge in [-0.25, -0.2) is 22.6 Å². The van der Waals surface area contributed by atoms with Gasteiger partial charge in [0.2, 0.25) is 21.8 Å². The van der Waals surface area contributed by atoms with Crippen LogP contribution in [-0.2, 0) is 29.1 Å². The molecule has 16 heteroatoms. The number of furan rings is 1. The maximum absolute atomic E-state index is 14.7. The van der Waals surface area contributed by atoms with Crippen molar-refractivity contribution >= 4 is 55.9 Å². The van der Waals surface area contributed by atoms with E-state index in [4.69, 9.17) is 18.9 Å². The van der Waals surface area contributed by atoms with Crippen LogP contribution in [0.1, 0.15) is 83.5 Å². The summed E-state index contributed by atoms with van der Waals surface area (Å²) in [5, 5.41) is 5.79. The van der Waals surface area contributed by atoms with Crippen LogP contribution >= 0.6 is 0 Å². The van der Waals surface area contributed by atoms with Crippen molar-refractivity contribution in [2.24, 2.45) is 5.92 Å². The standard InChI is InChI=1S/C44H48FN5O9S/c45-28-18-16-26(17-19-28)34-23-37(39-38(46-34)32-13-8-9-15-36(32)59-39)57-30-22-35-40(51)48-44(42(53)49-60(55,56)31-20-21-31)24-27(44)10-4-2-1-3-5-14-33(41(52)50(35)25-30)47-43(54)58-29-11-6-7-12-29/h4,8-10,13,15-19,23,27,29-31,33,35H,1-3,5-7,11-12,14,20-22,24-25H2,(H,47,54)(H,48,51)(H,49,53)/b10-4-/t27-,30-,33+,35+,44-/m1/s1. The van der Waals surface area contributed by atoms with E-state index in [1.807, 2.05) is 30.4 Å². The maximum atomic E-state index is 14.7. The number of rotatable bonds is 8. The largest absolute Gasteiger partial charge is 0.484 e. The molecule has 4 heterocycles. The molecule has 1 saturated heterocycles. The fourth-order valence-electron chi connectivity index (χ4n) is 8.87. The van der Waals surface area contributed by atoms with Crippen LogP contribution in [0.3, 0.4) is 0 Å². The highest BCUT2D eigenvalue weighted by atomic mass is 32.2. The van der Waals surface area contributed by atoms with Gasteiger partial charge in [0.25, 0.3) is 5.91 Å². The number of allylic oxidation sites excluding steroid dienone is 1. The lowest BCUT2D eigenvalue weighted by Gasteiger charge is -2.30. The SMILES string of the molecule is O=C(N[C@H]1CCCCC/C=C\[C@@H]2C[C@@]2(C(=O)NS(=O)(=O)C2CC2)NC(=O)[C@@H]2C[C@@H](Oc3cc(-c4ccc(F)cc4)nc4c3oc3ccccc34)CN2C1=O)OC1CCCC1. The molecule has 0 unspecified atom stereocenters. The lowest BCUT2D eigenvalue weighted by molar-refractivity contribution is -0.141. The van der Waals surface area contributed by atoms with E-state index in [9.17, 15) is 32.0 Å². The third-order valence-electron chi connectivity index (χ3n) is 12.4. The van der Waals surface area contributed by atoms with Crippen molar-refractivity contribution in [3.05, 3.63) is 72.6 Å². The molecule has 5 atom stereocenters. The lowest BCUT2D eigenvalue weighted by Crippen LogP contribution is -2.58. The Kier molecular flexibility index (Phi) is 10.8. The summed E-state index contributed by atoms with van der Waals surface area (Å²) in [6.07, 6.45) is 9.72. The number of sulfonamides is 1. The Morgan fingerprint density at radius 2 is 1.72 bits per heavy atom. The first kappa shape index (κ1) is 39.9. The number of para-hydroxylation sites is 1. The van der Waals surface area contributed by atoms with Gasteiger partial charge in [-0.1, -0.05) is 37.1 Å². The smallest absolute Gasteiger partial charge is 0.408 e. The zero-order valence-electron chi connectivity index (χ0n) is 33.1. The molecule has 4 fully saturated rings. The lowest BCUT2D eigenvalue weighted by atomic mass is 10.0. The third kappa shape index (κ3) is 8.17. The second-order valence-electron chi connectivity index (χ2n) is 16.8. The van der Waals surface area contributed by atoms with Crippen LogP contribution in [0, 0.1) is 11.7 Å². The normalized spacial score (nSPS) is 27.0. The van der Waals surface area contributed by atoms with Crippen molar-refractivity contribution in [2.75, 3.05) is 6.54 Å². The number of carbonyl (C=O) groups is 4. The molecule has 3 aliphatic carbocycles. The van der Waals surface area contributed by atoms with E-state index in [0.717, 1.165) is 43.9 Å². The van der Waals surface area contributed by atoms with E-state index in [2.05, 4.69) is 15.4 Å². The Bertz CT molecular complexity index is 2460. The van der Waals surface area contributed by atoms with Crippen molar-refractivity contribution in [1.82, 2.24) is 25.2 Å². The molecule has 2 aromatic carbocycles. The minimum absolute atomic E-state index is 0.00861. The number of aromatic nitrogens is 1. The molecular weight excluding hydrogens is 794 g/mol. The predicted molar refractivity (Wildman–Crippen MR) is 218 cm³/mol. The molecule has 0 bridgehead atoms. The van der Waals surface area contributed by atoms with Crippen molar-refractivity contribution in [3.8, 4) is 17.0 Å². The molecule has 0 radical (unpaired) electrons. The zero-order chi connectivity index (χ0) is 41.6. The maximum Gasteiger partial charge on any atom is 0.408 e. The molecule has 2 aliphatic heterocycles. The summed E-state index contributed by atoms with van der Waals surface area (Å²) in [5.74, 6) is -2.53. The Morgan fingerprint density at radius 3 is 2.50 bits per heavy atom. The number of hydrogen-bond acceptors (Lipinski definition) is 10. The van der Waals surface area contributed by atoms with Gasteiger partial charge in [0.1, 0.15) is 46.7 Å². The van der Waals surface area contributed by atoms with Gasteiger partial charge in [-0.05, 0) is 101 Å². The van der Waals surface area contributed by atoms with Crippen molar-refractivity contribution in [2.45, 2.75) is 119 Å². The van der Waals surface area contributed by atoms with Crippen LogP contribution in [0.5, 0.6) is 5.75 Å². The average Bonchev–Trinajstić information content (AvgIpc) is 4.04. The van der Waals surface area contributed by atoms with Crippen LogP contribution in [0.15, 0.2) is 71.2 Å². The van der Waals surface area contributed by atoms with E-state index in [1.54, 1.807) is 24.3 Å². The number of hydrogen-bond donors (Lipinski definition) is 3. The van der Waals surface area contributed by atoms with Gasteiger partial charge in [0.15, 0.2) is 11.3 Å². The molecule has 9 rings (SSSR count). The van der Waals surface area contributed by atoms with Gasteiger partial charge in [-0.15, -0.1) is 0 Å². The number of ether oxygens (including phenoxy) is 2. The van der Waals surface area contributed by atoms with Crippen LogP contribution in [0.25, 0.3) is 33.3 Å². The molecule has 5 aliphatic rings. The van der Waals surface area contributed by atoms with Crippen LogP contribution in [0.4, 0.5) is 9.18 Å². The Labute approximate surface area is 346 Å². The second-order valence-corrected chi connectivity index (χ2v) is 18.8. The summed E-state index contributed by atoms with van der Waals surface area (Å²) in [7, 11) is -3.93. The quantitative estimate of drug-likeness (QED) is 0.173. The molecule has 14 nitrogen and oxygen atoms in total. The fourth-order valence-corrected chi connectivity index (χ4v) is 10.2. The number of fused-ring (bicyclic) bond motifs is 5. The van der Waals surface area contributed by atoms with Crippen molar-refractivity contribution in [3.63, 3.8) is 0 Å². The van der Waals surface area contributed by atoms with Gasteiger partial charge in [-0.2, -0.15) is 0 Å². The Morgan fingerprint density at radius 1 is 0.950 bits per heavy atom. The van der Waals surface area contributed by atoms with E-state index in [-0.39, 0.29) is 25.5 Å². The van der Waals surface area contributed by atoms with Crippen molar-refractivity contribution < 1.29 is 45.9 Å². The predicted octanol–water partition coefficient (Wildman–Crippen LogP) is 6.18. The molecule has 4 aromatic rings. The number of pyridine rings is 1. The molecule has 0 spiro atoms. The summed E-state index contributed by atoms with van der Waals surface area (Å²) < 4.78 is 60.7. The van der Waals surface area contributed by atoms with Crippen molar-refractivity contribution in [1.29, 1.82) is 0 Å². The van der Waals surface area contributed by atoms with Gasteiger partial charge < -0.3 is 29.4 Å². The fraction of sp³-hybridized carbons (Fsp3) is 0.477. The number of halogens is 1. The van der Waals surface area contributed by atoms with E-state index in [1.165, 1.54) is 17.0 Å². The van der Waals surface area contributed by atoms with Crippen LogP contribution in [-0.4, -0.2) is 83.7 Å². The average molecular weight is 842 g/mol. The molecular formula is C44H48FN5O9S. The van der Waals surface area contributed by atoms with E-state index in [0.29, 0.717) is 65.8 Å². The first-order valence-electron chi connectivity index (χ1n) is 21.0. The highest BCUT2D eigenvalue weighted by Crippen LogP contribution is 2.46. The number of amides is 4. The summed E-state index contributed by atoms with van der Waals surface area (Å²) in [6, 6.07) is 12.8. The highest BCUT2D eigenvalue weighted by molar-refractivity contribution is 7.91. The summed E-state index contributed by atoms with van der Waals surface area (Å²) in [4.78, 5) is 62.7. The van der Waals surface area contributed by atoms with Gasteiger partial charge in [-0.3, -0.25) is 19.1 Å². The minimum atomic E-state index is -3.93. The number of carbonyl (C=O) groups excluding carboxylic acids is 4. The van der Waals surface area contributed by atoms with E-state index < -0.39 is 74.5 Å². The van der Waals surface area contributed by atoms with Gasteiger partial charge in [0.05, 0.1) is 17.5 Å². The number of benzene rings is 2. The van der Waals surface area contributed by atoms with Crippen LogP contribution < -0.4 is 20.1 Å². The second kappa shape index (κ2) is 16.2. The summed E-state index contributed by atoms with van der Waals surface area (Å²) in [5.41, 5.74) is 0.987. The minimum Gasteiger partial charge on any atom is -0.484 e. The van der Waals surface area contributed by atoms with E-state index >= 15 is 0 Å². The van der Waals surface area contributed by atoms with Crippen LogP contribution in [0.2, 0.25) is 0 Å². The van der Waals surface area contributed by atoms with Gasteiger partial charge in [0, 0.05) is 29.4 Å². The number of nitrogens with zero attached hydrogens (tertiary/aromatic N) is 2. The first-order valence-corrected chi connectivity index (χ1v) is 22.6. The summed E-state index contributed by atoms with van der Waals surface area (Å²) >= 11 is 0. The first-order chi connectivity index (χ1) is 29.0. The molecule has 4 amide bonds. The molecule has 2 aromatic heterocycles. The number of nitrogens with one attached hydrogen (secondary N) is 3. The monoisotopic (exact) mass is 841 g/mol. The van der Waals surface area contributed by atoms with Gasteiger partial charge >= 0.3 is 6.09 Å². The Hall–Kier alpha value is -5.51. The topological polar surface area (TPSA) is 186 Å². The zero-order valence-corrected chi connectivity index (χ0v) is 33.9. The molecule has 3 N–H and O–H groups in total. The summed E-state index contributed by atoms with van der Waals surface area (Å²) in [6.45, 7) is -0.0682. The molecule has 60 heavy (non-hydrogen) atoms. The molecule has 3 saturated carbocycles. The number of alkyl carbamates (subject to hydrolysis) is 1. The third-order valence-corrected chi connectivity index (χ3v) is 14.3.